The van der Waals surface area contributed by atoms with E-state index in [0.29, 0.717) is 19.1 Å². The quantitative estimate of drug-likeness (QED) is 0.187. The van der Waals surface area contributed by atoms with Crippen molar-refractivity contribution in [3.8, 4) is 5.75 Å². The highest BCUT2D eigenvalue weighted by Crippen LogP contribution is 2.35. The molecule has 2 nitrogen and oxygen atoms in total. The second kappa shape index (κ2) is 12.2. The van der Waals surface area contributed by atoms with Crippen molar-refractivity contribution in [3.63, 3.8) is 0 Å². The lowest BCUT2D eigenvalue weighted by molar-refractivity contribution is 0.101. The summed E-state index contributed by atoms with van der Waals surface area (Å²) in [5, 5.41) is 0. The van der Waals surface area contributed by atoms with Crippen molar-refractivity contribution >= 4 is 22.7 Å². The van der Waals surface area contributed by atoms with Crippen molar-refractivity contribution in [2.75, 3.05) is 25.7 Å². The SMILES string of the molecule is CCCOCCOc1ccc(/C(=C(/CCCl)c2ccccc2)c2ccccc2)cc1. The minimum absolute atomic E-state index is 0.558. The van der Waals surface area contributed by atoms with Crippen molar-refractivity contribution < 1.29 is 9.47 Å². The van der Waals surface area contributed by atoms with Crippen LogP contribution in [-0.4, -0.2) is 25.7 Å². The van der Waals surface area contributed by atoms with Crippen LogP contribution in [0, 0.1) is 0 Å². The van der Waals surface area contributed by atoms with Gasteiger partial charge >= 0.3 is 0 Å². The van der Waals surface area contributed by atoms with Gasteiger partial charge in [0, 0.05) is 12.5 Å². The van der Waals surface area contributed by atoms with Crippen LogP contribution in [-0.2, 0) is 4.74 Å². The van der Waals surface area contributed by atoms with Gasteiger partial charge in [-0.05, 0) is 52.8 Å². The summed E-state index contributed by atoms with van der Waals surface area (Å²) >= 11 is 6.22. The number of ether oxygens (including phenoxy) is 2. The van der Waals surface area contributed by atoms with Crippen LogP contribution < -0.4 is 4.74 Å². The fourth-order valence-electron chi connectivity index (χ4n) is 3.45. The fraction of sp³-hybridized carbons (Fsp3) is 0.259. The largest absolute Gasteiger partial charge is 0.491 e. The molecule has 0 bridgehead atoms. The third-order valence-corrected chi connectivity index (χ3v) is 5.01. The number of allylic oxidation sites excluding steroid dienone is 1. The molecule has 3 rings (SSSR count). The van der Waals surface area contributed by atoms with E-state index in [0.717, 1.165) is 30.8 Å². The molecule has 30 heavy (non-hydrogen) atoms. The second-order valence-corrected chi connectivity index (χ2v) is 7.39. The van der Waals surface area contributed by atoms with Gasteiger partial charge in [0.2, 0.25) is 0 Å². The predicted molar refractivity (Wildman–Crippen MR) is 127 cm³/mol. The van der Waals surface area contributed by atoms with Gasteiger partial charge in [0.25, 0.3) is 0 Å². The first-order valence-corrected chi connectivity index (χ1v) is 11.1. The standard InChI is InChI=1S/C27H29ClO2/c1-2-19-29-20-21-30-25-15-13-24(14-16-25)27(23-11-7-4-8-12-23)26(17-18-28)22-9-5-3-6-10-22/h3-16H,2,17-21H2,1H3/b27-26-. The van der Waals surface area contributed by atoms with Crippen LogP contribution in [0.3, 0.4) is 0 Å². The first kappa shape index (κ1) is 22.1. The summed E-state index contributed by atoms with van der Waals surface area (Å²) in [7, 11) is 0. The summed E-state index contributed by atoms with van der Waals surface area (Å²) in [6.07, 6.45) is 1.82. The molecule has 0 unspecified atom stereocenters. The Labute approximate surface area is 185 Å². The lowest BCUT2D eigenvalue weighted by Crippen LogP contribution is -2.07. The average molecular weight is 421 g/mol. The molecule has 0 fully saturated rings. The van der Waals surface area contributed by atoms with E-state index in [2.05, 4.69) is 67.6 Å². The highest BCUT2D eigenvalue weighted by molar-refractivity contribution is 6.18. The minimum Gasteiger partial charge on any atom is -0.491 e. The molecule has 0 saturated carbocycles. The average Bonchev–Trinajstić information content (AvgIpc) is 2.81. The highest BCUT2D eigenvalue weighted by atomic mass is 35.5. The first-order chi connectivity index (χ1) is 14.8. The fourth-order valence-corrected chi connectivity index (χ4v) is 3.64. The van der Waals surface area contributed by atoms with E-state index in [9.17, 15) is 0 Å². The smallest absolute Gasteiger partial charge is 0.119 e. The molecular weight excluding hydrogens is 392 g/mol. The Morgan fingerprint density at radius 1 is 0.700 bits per heavy atom. The van der Waals surface area contributed by atoms with Crippen LogP contribution in [0.4, 0.5) is 0 Å². The second-order valence-electron chi connectivity index (χ2n) is 7.01. The monoisotopic (exact) mass is 420 g/mol. The summed E-state index contributed by atoms with van der Waals surface area (Å²) in [6.45, 7) is 4.04. The third kappa shape index (κ3) is 6.22. The molecule has 0 radical (unpaired) electrons. The molecule has 0 amide bonds. The van der Waals surface area contributed by atoms with Crippen LogP contribution >= 0.6 is 11.6 Å². The molecule has 156 valence electrons. The van der Waals surface area contributed by atoms with Crippen LogP contribution in [0.1, 0.15) is 36.5 Å². The van der Waals surface area contributed by atoms with E-state index in [4.69, 9.17) is 21.1 Å². The highest BCUT2D eigenvalue weighted by Gasteiger charge is 2.14. The summed E-state index contributed by atoms with van der Waals surface area (Å²) in [5.74, 6) is 1.42. The Kier molecular flexibility index (Phi) is 9.02. The van der Waals surface area contributed by atoms with Crippen LogP contribution in [0.15, 0.2) is 84.9 Å². The molecule has 0 spiro atoms. The Hall–Kier alpha value is -2.55. The third-order valence-electron chi connectivity index (χ3n) is 4.82. The van der Waals surface area contributed by atoms with E-state index < -0.39 is 0 Å². The van der Waals surface area contributed by atoms with Crippen molar-refractivity contribution in [1.29, 1.82) is 0 Å². The van der Waals surface area contributed by atoms with Crippen molar-refractivity contribution in [2.24, 2.45) is 0 Å². The number of rotatable bonds is 11. The van der Waals surface area contributed by atoms with E-state index in [1.807, 2.05) is 24.3 Å². The summed E-state index contributed by atoms with van der Waals surface area (Å²) in [4.78, 5) is 0. The summed E-state index contributed by atoms with van der Waals surface area (Å²) < 4.78 is 11.3. The van der Waals surface area contributed by atoms with Gasteiger partial charge in [-0.15, -0.1) is 11.6 Å². The summed E-state index contributed by atoms with van der Waals surface area (Å²) in [5.41, 5.74) is 5.99. The molecular formula is C27H29ClO2. The van der Waals surface area contributed by atoms with Gasteiger partial charge in [-0.3, -0.25) is 0 Å². The molecule has 3 aromatic rings. The van der Waals surface area contributed by atoms with Crippen LogP contribution in [0.25, 0.3) is 11.1 Å². The van der Waals surface area contributed by atoms with Crippen molar-refractivity contribution in [2.45, 2.75) is 19.8 Å². The Morgan fingerprint density at radius 3 is 1.90 bits per heavy atom. The molecule has 0 atom stereocenters. The molecule has 3 heteroatoms. The van der Waals surface area contributed by atoms with Gasteiger partial charge in [0.05, 0.1) is 6.61 Å². The van der Waals surface area contributed by atoms with Gasteiger partial charge in [0.1, 0.15) is 12.4 Å². The molecule has 3 aromatic carbocycles. The van der Waals surface area contributed by atoms with E-state index in [-0.39, 0.29) is 0 Å². The minimum atomic E-state index is 0.558. The number of hydrogen-bond acceptors (Lipinski definition) is 2. The maximum atomic E-state index is 6.22. The zero-order valence-corrected chi connectivity index (χ0v) is 18.3. The topological polar surface area (TPSA) is 18.5 Å². The number of alkyl halides is 1. The molecule has 0 aliphatic carbocycles. The van der Waals surface area contributed by atoms with E-state index in [1.54, 1.807) is 0 Å². The van der Waals surface area contributed by atoms with E-state index >= 15 is 0 Å². The van der Waals surface area contributed by atoms with Gasteiger partial charge in [0.15, 0.2) is 0 Å². The lowest BCUT2D eigenvalue weighted by atomic mass is 9.88. The van der Waals surface area contributed by atoms with Crippen molar-refractivity contribution in [1.82, 2.24) is 0 Å². The zero-order chi connectivity index (χ0) is 21.0. The van der Waals surface area contributed by atoms with Crippen molar-refractivity contribution in [3.05, 3.63) is 102 Å². The Morgan fingerprint density at radius 2 is 1.30 bits per heavy atom. The number of benzene rings is 3. The maximum absolute atomic E-state index is 6.22. The Bertz CT molecular complexity index is 903. The predicted octanol–water partition coefficient (Wildman–Crippen LogP) is 7.08. The summed E-state index contributed by atoms with van der Waals surface area (Å²) in [6, 6.07) is 29.3. The van der Waals surface area contributed by atoms with E-state index in [1.165, 1.54) is 22.3 Å². The molecule has 0 aromatic heterocycles. The maximum Gasteiger partial charge on any atom is 0.119 e. The molecule has 0 N–H and O–H groups in total. The van der Waals surface area contributed by atoms with Gasteiger partial charge in [-0.2, -0.15) is 0 Å². The molecule has 0 aliphatic rings. The zero-order valence-electron chi connectivity index (χ0n) is 17.5. The normalized spacial score (nSPS) is 11.8. The number of hydrogen-bond donors (Lipinski definition) is 0. The van der Waals surface area contributed by atoms with Crippen LogP contribution in [0.5, 0.6) is 5.75 Å². The molecule has 0 heterocycles. The van der Waals surface area contributed by atoms with Gasteiger partial charge in [-0.1, -0.05) is 79.7 Å². The molecule has 0 aliphatic heterocycles. The Balaban J connectivity index is 1.93. The lowest BCUT2D eigenvalue weighted by Gasteiger charge is -2.17. The number of halogens is 1. The molecule has 0 saturated heterocycles. The first-order valence-electron chi connectivity index (χ1n) is 10.5. The van der Waals surface area contributed by atoms with Gasteiger partial charge < -0.3 is 9.47 Å². The van der Waals surface area contributed by atoms with Gasteiger partial charge in [-0.25, -0.2) is 0 Å². The van der Waals surface area contributed by atoms with Crippen LogP contribution in [0.2, 0.25) is 0 Å².